The maximum atomic E-state index is 12.3. The van der Waals surface area contributed by atoms with Gasteiger partial charge >= 0.3 is 5.97 Å². The zero-order valence-corrected chi connectivity index (χ0v) is 12.3. The predicted octanol–water partition coefficient (Wildman–Crippen LogP) is 3.33. The smallest absolute Gasteiger partial charge is 0.355 e. The molecule has 3 aromatic rings. The summed E-state index contributed by atoms with van der Waals surface area (Å²) in [6.45, 7) is 2.03. The summed E-state index contributed by atoms with van der Waals surface area (Å²) in [5.74, 6) is -0.388. The highest BCUT2D eigenvalue weighted by Crippen LogP contribution is 2.26. The molecule has 22 heavy (non-hydrogen) atoms. The molecule has 0 spiro atoms. The maximum absolute atomic E-state index is 12.3. The lowest BCUT2D eigenvalue weighted by molar-refractivity contribution is 0.0466. The van der Waals surface area contributed by atoms with E-state index in [1.165, 1.54) is 0 Å². The lowest BCUT2D eigenvalue weighted by Gasteiger charge is -2.04. The van der Waals surface area contributed by atoms with Crippen LogP contribution in [0.15, 0.2) is 48.5 Å². The van der Waals surface area contributed by atoms with Crippen molar-refractivity contribution >= 4 is 16.9 Å². The fourth-order valence-corrected chi connectivity index (χ4v) is 2.63. The summed E-state index contributed by atoms with van der Waals surface area (Å²) >= 11 is 0. The first-order valence-electron chi connectivity index (χ1n) is 7.12. The van der Waals surface area contributed by atoms with Gasteiger partial charge in [-0.15, -0.1) is 0 Å². The Morgan fingerprint density at radius 1 is 1.14 bits per heavy atom. The predicted molar refractivity (Wildman–Crippen MR) is 84.5 cm³/mol. The Morgan fingerprint density at radius 2 is 1.91 bits per heavy atom. The Balaban J connectivity index is 1.87. The van der Waals surface area contributed by atoms with Gasteiger partial charge in [0, 0.05) is 10.9 Å². The third-order valence-corrected chi connectivity index (χ3v) is 3.75. The third kappa shape index (κ3) is 2.61. The van der Waals surface area contributed by atoms with Crippen LogP contribution in [0.4, 0.5) is 0 Å². The van der Waals surface area contributed by atoms with Crippen molar-refractivity contribution in [3.8, 4) is 0 Å². The van der Waals surface area contributed by atoms with E-state index in [9.17, 15) is 9.90 Å². The van der Waals surface area contributed by atoms with E-state index in [-0.39, 0.29) is 19.2 Å². The minimum Gasteiger partial charge on any atom is -0.456 e. The minimum absolute atomic E-state index is 0.0610. The van der Waals surface area contributed by atoms with Crippen LogP contribution in [-0.4, -0.2) is 16.1 Å². The number of benzene rings is 2. The van der Waals surface area contributed by atoms with Crippen LogP contribution in [0.2, 0.25) is 0 Å². The van der Waals surface area contributed by atoms with Crippen LogP contribution in [0.25, 0.3) is 10.9 Å². The summed E-state index contributed by atoms with van der Waals surface area (Å²) in [4.78, 5) is 15.4. The highest BCUT2D eigenvalue weighted by Gasteiger charge is 2.17. The van der Waals surface area contributed by atoms with Crippen LogP contribution in [0.1, 0.15) is 27.2 Å². The van der Waals surface area contributed by atoms with E-state index in [2.05, 4.69) is 4.98 Å². The first-order valence-corrected chi connectivity index (χ1v) is 7.12. The number of ether oxygens (including phenoxy) is 1. The van der Waals surface area contributed by atoms with Gasteiger partial charge in [0.05, 0.1) is 6.61 Å². The van der Waals surface area contributed by atoms with E-state index in [1.54, 1.807) is 0 Å². The van der Waals surface area contributed by atoms with Gasteiger partial charge in [0.2, 0.25) is 0 Å². The number of hydrogen-bond acceptors (Lipinski definition) is 3. The summed E-state index contributed by atoms with van der Waals surface area (Å²) in [6, 6.07) is 15.1. The molecule has 0 unspecified atom stereocenters. The van der Waals surface area contributed by atoms with Gasteiger partial charge in [0.1, 0.15) is 12.3 Å². The van der Waals surface area contributed by atoms with Crippen molar-refractivity contribution in [2.45, 2.75) is 20.1 Å². The van der Waals surface area contributed by atoms with Gasteiger partial charge in [-0.1, -0.05) is 42.5 Å². The minimum atomic E-state index is -0.388. The van der Waals surface area contributed by atoms with Crippen LogP contribution in [0.5, 0.6) is 0 Å². The summed E-state index contributed by atoms with van der Waals surface area (Å²) in [6.07, 6.45) is 0. The number of carbonyl (C=O) groups excluding carboxylic acids is 1. The summed E-state index contributed by atoms with van der Waals surface area (Å²) < 4.78 is 5.37. The van der Waals surface area contributed by atoms with Crippen molar-refractivity contribution in [2.24, 2.45) is 0 Å². The topological polar surface area (TPSA) is 62.3 Å². The quantitative estimate of drug-likeness (QED) is 0.726. The van der Waals surface area contributed by atoms with E-state index >= 15 is 0 Å². The van der Waals surface area contributed by atoms with Crippen molar-refractivity contribution in [1.29, 1.82) is 0 Å². The first-order chi connectivity index (χ1) is 10.7. The van der Waals surface area contributed by atoms with Gasteiger partial charge in [-0.25, -0.2) is 4.79 Å². The number of rotatable bonds is 4. The van der Waals surface area contributed by atoms with Crippen LogP contribution in [-0.2, 0) is 18.0 Å². The van der Waals surface area contributed by atoms with Crippen LogP contribution >= 0.6 is 0 Å². The van der Waals surface area contributed by atoms with Gasteiger partial charge in [-0.3, -0.25) is 0 Å². The Morgan fingerprint density at radius 3 is 2.64 bits per heavy atom. The molecule has 1 heterocycles. The van der Waals surface area contributed by atoms with Crippen molar-refractivity contribution < 1.29 is 14.6 Å². The van der Waals surface area contributed by atoms with E-state index in [1.807, 2.05) is 55.5 Å². The first kappa shape index (κ1) is 14.4. The molecule has 4 heteroatoms. The van der Waals surface area contributed by atoms with Crippen molar-refractivity contribution in [2.75, 3.05) is 0 Å². The molecular weight excluding hydrogens is 278 g/mol. The van der Waals surface area contributed by atoms with E-state index in [0.717, 1.165) is 27.6 Å². The van der Waals surface area contributed by atoms with Gasteiger partial charge in [-0.05, 0) is 29.7 Å². The third-order valence-electron chi connectivity index (χ3n) is 3.75. The normalized spacial score (nSPS) is 10.8. The monoisotopic (exact) mass is 295 g/mol. The van der Waals surface area contributed by atoms with E-state index in [4.69, 9.17) is 4.74 Å². The summed E-state index contributed by atoms with van der Waals surface area (Å²) in [7, 11) is 0. The standard InChI is InChI=1S/C18H17NO3/c1-12-16-14(10-20)8-5-9-15(16)19-17(12)18(21)22-11-13-6-3-2-4-7-13/h2-9,19-20H,10-11H2,1H3. The van der Waals surface area contributed by atoms with Gasteiger partial charge in [-0.2, -0.15) is 0 Å². The van der Waals surface area contributed by atoms with Crippen molar-refractivity contribution in [3.05, 3.63) is 70.9 Å². The molecule has 0 saturated carbocycles. The maximum Gasteiger partial charge on any atom is 0.355 e. The van der Waals surface area contributed by atoms with Gasteiger partial charge in [0.25, 0.3) is 0 Å². The largest absolute Gasteiger partial charge is 0.456 e. The number of esters is 1. The molecule has 3 rings (SSSR count). The van der Waals surface area contributed by atoms with E-state index < -0.39 is 0 Å². The molecule has 0 aliphatic carbocycles. The van der Waals surface area contributed by atoms with Crippen LogP contribution in [0.3, 0.4) is 0 Å². The number of carbonyl (C=O) groups is 1. The molecule has 4 nitrogen and oxygen atoms in total. The number of aryl methyl sites for hydroxylation is 1. The number of aliphatic hydroxyl groups is 1. The Bertz CT molecular complexity index is 806. The molecule has 0 amide bonds. The average Bonchev–Trinajstić information content (AvgIpc) is 2.91. The number of aromatic nitrogens is 1. The Hall–Kier alpha value is -2.59. The lowest BCUT2D eigenvalue weighted by Crippen LogP contribution is -2.07. The fourth-order valence-electron chi connectivity index (χ4n) is 2.63. The second-order valence-electron chi connectivity index (χ2n) is 5.18. The number of aliphatic hydroxyl groups excluding tert-OH is 1. The SMILES string of the molecule is Cc1c(C(=O)OCc2ccccc2)[nH]c2cccc(CO)c12. The highest BCUT2D eigenvalue weighted by molar-refractivity contribution is 5.99. The average molecular weight is 295 g/mol. The van der Waals surface area contributed by atoms with Crippen LogP contribution < -0.4 is 0 Å². The fraction of sp³-hybridized carbons (Fsp3) is 0.167. The molecule has 0 aliphatic rings. The Labute approximate surface area is 128 Å². The molecule has 0 radical (unpaired) electrons. The van der Waals surface area contributed by atoms with Crippen LogP contribution in [0, 0.1) is 6.92 Å². The van der Waals surface area contributed by atoms with Gasteiger partial charge in [0.15, 0.2) is 0 Å². The molecule has 112 valence electrons. The van der Waals surface area contributed by atoms with E-state index in [0.29, 0.717) is 5.69 Å². The number of hydrogen-bond donors (Lipinski definition) is 2. The number of nitrogens with one attached hydrogen (secondary N) is 1. The molecule has 0 fully saturated rings. The zero-order valence-electron chi connectivity index (χ0n) is 12.3. The molecule has 0 saturated heterocycles. The summed E-state index contributed by atoms with van der Waals surface area (Å²) in [5.41, 5.74) is 3.81. The Kier molecular flexibility index (Phi) is 3.94. The molecule has 2 N–H and O–H groups in total. The van der Waals surface area contributed by atoms with Crippen molar-refractivity contribution in [3.63, 3.8) is 0 Å². The number of fused-ring (bicyclic) bond motifs is 1. The number of H-pyrrole nitrogens is 1. The number of aromatic amines is 1. The lowest BCUT2D eigenvalue weighted by atomic mass is 10.1. The molecule has 1 aromatic heterocycles. The highest BCUT2D eigenvalue weighted by atomic mass is 16.5. The molecule has 0 bridgehead atoms. The zero-order chi connectivity index (χ0) is 15.5. The van der Waals surface area contributed by atoms with Crippen molar-refractivity contribution in [1.82, 2.24) is 4.98 Å². The second kappa shape index (κ2) is 6.03. The molecular formula is C18H17NO3. The molecule has 0 atom stereocenters. The summed E-state index contributed by atoms with van der Waals surface area (Å²) in [5, 5.41) is 10.3. The molecule has 2 aromatic carbocycles. The van der Waals surface area contributed by atoms with Gasteiger partial charge < -0.3 is 14.8 Å². The second-order valence-corrected chi connectivity index (χ2v) is 5.18. The molecule has 0 aliphatic heterocycles.